The Labute approximate surface area is 151 Å². The highest BCUT2D eigenvalue weighted by atomic mass is 32.2. The first-order chi connectivity index (χ1) is 11.9. The maximum absolute atomic E-state index is 12.6. The summed E-state index contributed by atoms with van der Waals surface area (Å²) in [6.07, 6.45) is 7.58. The molecule has 2 aliphatic rings. The Hall–Kier alpha value is -1.40. The van der Waals surface area contributed by atoms with Crippen LogP contribution in [0.4, 0.5) is 0 Å². The second kappa shape index (κ2) is 7.87. The first-order valence-corrected chi connectivity index (χ1v) is 11.1. The Balaban J connectivity index is 1.60. The van der Waals surface area contributed by atoms with Gasteiger partial charge in [0, 0.05) is 32.1 Å². The van der Waals surface area contributed by atoms with Gasteiger partial charge >= 0.3 is 0 Å². The number of carbonyl (C=O) groups is 1. The number of hydrogen-bond acceptors (Lipinski definition) is 3. The molecule has 0 N–H and O–H groups in total. The number of nitrogens with zero attached hydrogens (tertiary/aromatic N) is 2. The average Bonchev–Trinajstić information content (AvgIpc) is 2.61. The van der Waals surface area contributed by atoms with Crippen molar-refractivity contribution in [2.24, 2.45) is 0 Å². The van der Waals surface area contributed by atoms with Gasteiger partial charge in [0.25, 0.3) is 0 Å². The highest BCUT2D eigenvalue weighted by molar-refractivity contribution is 7.88. The van der Waals surface area contributed by atoms with Crippen molar-refractivity contribution in [3.05, 3.63) is 35.4 Å². The Kier molecular flexibility index (Phi) is 5.79. The van der Waals surface area contributed by atoms with Gasteiger partial charge in [-0.25, -0.2) is 8.42 Å². The first kappa shape index (κ1) is 18.4. The van der Waals surface area contributed by atoms with E-state index in [0.29, 0.717) is 13.1 Å². The van der Waals surface area contributed by atoms with Crippen LogP contribution >= 0.6 is 0 Å². The van der Waals surface area contributed by atoms with Crippen molar-refractivity contribution in [3.63, 3.8) is 0 Å². The van der Waals surface area contributed by atoms with Crippen LogP contribution < -0.4 is 0 Å². The molecule has 1 saturated carbocycles. The third kappa shape index (κ3) is 4.61. The molecule has 1 aromatic carbocycles. The van der Waals surface area contributed by atoms with E-state index >= 15 is 0 Å². The SMILES string of the molecule is CS(=O)(=O)N(CCC(=O)N1CCc2ccccc2C1)C1CCCCC1. The Morgan fingerprint density at radius 3 is 2.52 bits per heavy atom. The zero-order valence-electron chi connectivity index (χ0n) is 15.0. The summed E-state index contributed by atoms with van der Waals surface area (Å²) in [7, 11) is -3.28. The van der Waals surface area contributed by atoms with Crippen LogP contribution in [0.3, 0.4) is 0 Å². The zero-order chi connectivity index (χ0) is 17.9. The predicted molar refractivity (Wildman–Crippen MR) is 98.6 cm³/mol. The van der Waals surface area contributed by atoms with Crippen LogP contribution in [0.1, 0.15) is 49.7 Å². The summed E-state index contributed by atoms with van der Waals surface area (Å²) < 4.78 is 25.9. The molecule has 138 valence electrons. The molecule has 0 saturated heterocycles. The number of carbonyl (C=O) groups excluding carboxylic acids is 1. The van der Waals surface area contributed by atoms with Crippen molar-refractivity contribution in [3.8, 4) is 0 Å². The lowest BCUT2D eigenvalue weighted by Crippen LogP contribution is -2.44. The monoisotopic (exact) mass is 364 g/mol. The number of hydrogen-bond donors (Lipinski definition) is 0. The van der Waals surface area contributed by atoms with E-state index in [2.05, 4.69) is 12.1 Å². The van der Waals surface area contributed by atoms with Crippen LogP contribution in [0.15, 0.2) is 24.3 Å². The van der Waals surface area contributed by atoms with Crippen molar-refractivity contribution in [2.45, 2.75) is 57.5 Å². The summed E-state index contributed by atoms with van der Waals surface area (Å²) in [5, 5.41) is 0. The summed E-state index contributed by atoms with van der Waals surface area (Å²) in [6, 6.07) is 8.29. The molecular weight excluding hydrogens is 336 g/mol. The fourth-order valence-electron chi connectivity index (χ4n) is 4.06. The average molecular weight is 365 g/mol. The third-order valence-corrected chi connectivity index (χ3v) is 6.77. The number of benzene rings is 1. The molecule has 0 radical (unpaired) electrons. The summed E-state index contributed by atoms with van der Waals surface area (Å²) in [6.45, 7) is 1.66. The van der Waals surface area contributed by atoms with Gasteiger partial charge < -0.3 is 4.90 Å². The molecule has 1 aliphatic carbocycles. The van der Waals surface area contributed by atoms with Gasteiger partial charge in [-0.15, -0.1) is 0 Å². The van der Waals surface area contributed by atoms with Crippen LogP contribution in [0.2, 0.25) is 0 Å². The Morgan fingerprint density at radius 2 is 1.84 bits per heavy atom. The van der Waals surface area contributed by atoms with Gasteiger partial charge in [0.2, 0.25) is 15.9 Å². The van der Waals surface area contributed by atoms with Crippen LogP contribution in [0, 0.1) is 0 Å². The van der Waals surface area contributed by atoms with Gasteiger partial charge in [0.1, 0.15) is 0 Å². The molecule has 0 aromatic heterocycles. The highest BCUT2D eigenvalue weighted by Gasteiger charge is 2.29. The minimum atomic E-state index is -3.28. The molecule has 0 bridgehead atoms. The van der Waals surface area contributed by atoms with Crippen molar-refractivity contribution in [1.82, 2.24) is 9.21 Å². The van der Waals surface area contributed by atoms with E-state index in [4.69, 9.17) is 0 Å². The molecular formula is C19H28N2O3S. The summed E-state index contributed by atoms with van der Waals surface area (Å²) in [4.78, 5) is 14.5. The lowest BCUT2D eigenvalue weighted by atomic mass is 9.95. The predicted octanol–water partition coefficient (Wildman–Crippen LogP) is 2.56. The molecule has 5 nitrogen and oxygen atoms in total. The lowest BCUT2D eigenvalue weighted by molar-refractivity contribution is -0.132. The lowest BCUT2D eigenvalue weighted by Gasteiger charge is -2.33. The minimum absolute atomic E-state index is 0.0546. The van der Waals surface area contributed by atoms with Crippen LogP contribution in [-0.2, 0) is 27.8 Å². The fraction of sp³-hybridized carbons (Fsp3) is 0.632. The Bertz CT molecular complexity index is 711. The van der Waals surface area contributed by atoms with E-state index in [0.717, 1.165) is 38.6 Å². The standard InChI is InChI=1S/C19H28N2O3S/c1-25(23,24)21(18-9-3-2-4-10-18)14-12-19(22)20-13-11-16-7-5-6-8-17(16)15-20/h5-8,18H,2-4,9-15H2,1H3. The molecule has 3 rings (SSSR count). The van der Waals surface area contributed by atoms with Crippen molar-refractivity contribution < 1.29 is 13.2 Å². The Morgan fingerprint density at radius 1 is 1.16 bits per heavy atom. The van der Waals surface area contributed by atoms with Gasteiger partial charge in [-0.05, 0) is 30.4 Å². The third-order valence-electron chi connectivity index (χ3n) is 5.44. The van der Waals surface area contributed by atoms with E-state index in [-0.39, 0.29) is 18.4 Å². The molecule has 0 atom stereocenters. The maximum atomic E-state index is 12.6. The summed E-state index contributed by atoms with van der Waals surface area (Å²) in [5.41, 5.74) is 2.51. The smallest absolute Gasteiger partial charge is 0.224 e. The normalized spacial score (nSPS) is 19.0. The first-order valence-electron chi connectivity index (χ1n) is 9.26. The topological polar surface area (TPSA) is 57.7 Å². The summed E-state index contributed by atoms with van der Waals surface area (Å²) >= 11 is 0. The van der Waals surface area contributed by atoms with Gasteiger partial charge in [-0.3, -0.25) is 4.79 Å². The number of fused-ring (bicyclic) bond motifs is 1. The fourth-order valence-corrected chi connectivity index (χ4v) is 5.24. The molecule has 1 amide bonds. The second-order valence-electron chi connectivity index (χ2n) is 7.25. The summed E-state index contributed by atoms with van der Waals surface area (Å²) in [5.74, 6) is 0.0546. The van der Waals surface area contributed by atoms with Gasteiger partial charge in [0.05, 0.1) is 6.26 Å². The molecule has 6 heteroatoms. The van der Waals surface area contributed by atoms with Crippen LogP contribution in [0.25, 0.3) is 0 Å². The van der Waals surface area contributed by atoms with E-state index in [1.807, 2.05) is 17.0 Å². The van der Waals surface area contributed by atoms with Gasteiger partial charge in [-0.1, -0.05) is 43.5 Å². The largest absolute Gasteiger partial charge is 0.338 e. The van der Waals surface area contributed by atoms with Gasteiger partial charge in [0.15, 0.2) is 0 Å². The molecule has 25 heavy (non-hydrogen) atoms. The molecule has 1 fully saturated rings. The number of amides is 1. The molecule has 1 heterocycles. The quantitative estimate of drug-likeness (QED) is 0.807. The van der Waals surface area contributed by atoms with Crippen molar-refractivity contribution in [1.29, 1.82) is 0 Å². The molecule has 1 aromatic rings. The number of rotatable bonds is 5. The van der Waals surface area contributed by atoms with E-state index in [1.54, 1.807) is 4.31 Å². The zero-order valence-corrected chi connectivity index (χ0v) is 15.8. The van der Waals surface area contributed by atoms with E-state index in [9.17, 15) is 13.2 Å². The van der Waals surface area contributed by atoms with E-state index in [1.165, 1.54) is 23.8 Å². The molecule has 0 unspecified atom stereocenters. The minimum Gasteiger partial charge on any atom is -0.338 e. The maximum Gasteiger partial charge on any atom is 0.224 e. The van der Waals surface area contributed by atoms with Crippen LogP contribution in [0.5, 0.6) is 0 Å². The van der Waals surface area contributed by atoms with E-state index < -0.39 is 10.0 Å². The second-order valence-corrected chi connectivity index (χ2v) is 9.18. The van der Waals surface area contributed by atoms with Crippen molar-refractivity contribution in [2.75, 3.05) is 19.3 Å². The van der Waals surface area contributed by atoms with Gasteiger partial charge in [-0.2, -0.15) is 4.31 Å². The molecule has 1 aliphatic heterocycles. The molecule has 0 spiro atoms. The highest BCUT2D eigenvalue weighted by Crippen LogP contribution is 2.25. The van der Waals surface area contributed by atoms with Crippen LogP contribution in [-0.4, -0.2) is 48.9 Å². The van der Waals surface area contributed by atoms with Crippen molar-refractivity contribution >= 4 is 15.9 Å². The number of sulfonamides is 1.